The van der Waals surface area contributed by atoms with Crippen molar-refractivity contribution < 1.29 is 14.8 Å². The van der Waals surface area contributed by atoms with E-state index in [2.05, 4.69) is 0 Å². The second kappa shape index (κ2) is 4.06. The number of nitro groups is 1. The van der Waals surface area contributed by atoms with Crippen molar-refractivity contribution in [1.29, 1.82) is 0 Å². The fourth-order valence-corrected chi connectivity index (χ4v) is 1.19. The van der Waals surface area contributed by atoms with E-state index in [-0.39, 0.29) is 22.7 Å². The fourth-order valence-electron chi connectivity index (χ4n) is 1.02. The number of carboxylic acids is 1. The van der Waals surface area contributed by atoms with Crippen molar-refractivity contribution in [2.45, 2.75) is 6.42 Å². The minimum absolute atomic E-state index is 0.145. The summed E-state index contributed by atoms with van der Waals surface area (Å²) in [6.07, 6.45) is -0.381. The van der Waals surface area contributed by atoms with E-state index in [1.807, 2.05) is 0 Å². The molecule has 0 aliphatic carbocycles. The number of rotatable bonds is 3. The van der Waals surface area contributed by atoms with Crippen LogP contribution in [0.25, 0.3) is 0 Å². The number of carbonyl (C=O) groups is 1. The lowest BCUT2D eigenvalue weighted by Crippen LogP contribution is -2.03. The Labute approximate surface area is 84.1 Å². The van der Waals surface area contributed by atoms with Crippen molar-refractivity contribution in [2.24, 2.45) is 0 Å². The Kier molecular flexibility index (Phi) is 3.03. The summed E-state index contributed by atoms with van der Waals surface area (Å²) >= 11 is 5.55. The molecule has 0 spiro atoms. The third kappa shape index (κ3) is 2.43. The summed E-state index contributed by atoms with van der Waals surface area (Å²) in [6.45, 7) is 0. The number of benzene rings is 1. The van der Waals surface area contributed by atoms with Crippen LogP contribution in [0.3, 0.4) is 0 Å². The monoisotopic (exact) mass is 215 g/mol. The van der Waals surface area contributed by atoms with E-state index in [1.165, 1.54) is 12.1 Å². The van der Waals surface area contributed by atoms with Gasteiger partial charge in [0.1, 0.15) is 0 Å². The number of carboxylic acid groups (broad SMARTS) is 1. The third-order valence-corrected chi connectivity index (χ3v) is 1.82. The highest BCUT2D eigenvalue weighted by atomic mass is 35.5. The van der Waals surface area contributed by atoms with Crippen molar-refractivity contribution in [3.63, 3.8) is 0 Å². The van der Waals surface area contributed by atoms with Gasteiger partial charge in [0.05, 0.1) is 11.3 Å². The van der Waals surface area contributed by atoms with Crippen LogP contribution in [0, 0.1) is 10.1 Å². The highest BCUT2D eigenvalue weighted by Crippen LogP contribution is 2.23. The molecule has 0 aliphatic rings. The zero-order valence-electron chi connectivity index (χ0n) is 6.94. The van der Waals surface area contributed by atoms with Crippen molar-refractivity contribution >= 4 is 23.3 Å². The minimum Gasteiger partial charge on any atom is -0.481 e. The first kappa shape index (κ1) is 10.5. The Morgan fingerprint density at radius 2 is 2.21 bits per heavy atom. The average Bonchev–Trinajstić information content (AvgIpc) is 2.07. The van der Waals surface area contributed by atoms with Crippen LogP contribution in [0.5, 0.6) is 0 Å². The molecular formula is C8H6ClNO4. The zero-order chi connectivity index (χ0) is 10.7. The second-order valence-corrected chi connectivity index (χ2v) is 3.04. The van der Waals surface area contributed by atoms with Gasteiger partial charge in [-0.15, -0.1) is 0 Å². The Morgan fingerprint density at radius 1 is 1.57 bits per heavy atom. The van der Waals surface area contributed by atoms with Crippen LogP contribution in [0.4, 0.5) is 5.69 Å². The van der Waals surface area contributed by atoms with Crippen LogP contribution in [0.2, 0.25) is 5.02 Å². The molecule has 1 aromatic carbocycles. The van der Waals surface area contributed by atoms with Crippen LogP contribution >= 0.6 is 11.6 Å². The molecule has 0 fully saturated rings. The number of hydrogen-bond acceptors (Lipinski definition) is 3. The first-order valence-electron chi connectivity index (χ1n) is 3.65. The third-order valence-electron chi connectivity index (χ3n) is 1.59. The maximum atomic E-state index is 10.5. The first-order valence-corrected chi connectivity index (χ1v) is 4.03. The molecule has 0 heterocycles. The Bertz CT molecular complexity index is 391. The summed E-state index contributed by atoms with van der Waals surface area (Å²) in [4.78, 5) is 20.2. The molecule has 0 saturated carbocycles. The molecule has 5 nitrogen and oxygen atoms in total. The van der Waals surface area contributed by atoms with E-state index in [1.54, 1.807) is 0 Å². The quantitative estimate of drug-likeness (QED) is 0.617. The molecule has 1 N–H and O–H groups in total. The second-order valence-electron chi connectivity index (χ2n) is 2.60. The van der Waals surface area contributed by atoms with Crippen LogP contribution in [0.1, 0.15) is 5.56 Å². The van der Waals surface area contributed by atoms with E-state index in [0.717, 1.165) is 6.07 Å². The summed E-state index contributed by atoms with van der Waals surface area (Å²) in [6, 6.07) is 3.90. The SMILES string of the molecule is O=C(O)Cc1ccc(Cl)cc1[N+](=O)[O-]. The smallest absolute Gasteiger partial charge is 0.308 e. The van der Waals surface area contributed by atoms with E-state index in [9.17, 15) is 14.9 Å². The maximum Gasteiger partial charge on any atom is 0.308 e. The van der Waals surface area contributed by atoms with E-state index in [4.69, 9.17) is 16.7 Å². The molecule has 1 rings (SSSR count). The summed E-state index contributed by atoms with van der Waals surface area (Å²) in [5.74, 6) is -1.12. The number of hydrogen-bond donors (Lipinski definition) is 1. The largest absolute Gasteiger partial charge is 0.481 e. The predicted octanol–water partition coefficient (Wildman–Crippen LogP) is 1.88. The van der Waals surface area contributed by atoms with Gasteiger partial charge in [0.15, 0.2) is 0 Å². The van der Waals surface area contributed by atoms with Gasteiger partial charge in [0.25, 0.3) is 5.69 Å². The Hall–Kier alpha value is -1.62. The maximum absolute atomic E-state index is 10.5. The average molecular weight is 216 g/mol. The molecular weight excluding hydrogens is 210 g/mol. The number of nitro benzene ring substituents is 1. The summed E-state index contributed by atoms with van der Waals surface area (Å²) < 4.78 is 0. The van der Waals surface area contributed by atoms with Gasteiger partial charge in [0, 0.05) is 16.7 Å². The summed E-state index contributed by atoms with van der Waals surface area (Å²) in [5.41, 5.74) is -0.119. The molecule has 1 aromatic rings. The van der Waals surface area contributed by atoms with Gasteiger partial charge >= 0.3 is 5.97 Å². The molecule has 74 valence electrons. The molecule has 0 aromatic heterocycles. The molecule has 6 heteroatoms. The van der Waals surface area contributed by atoms with Gasteiger partial charge in [-0.2, -0.15) is 0 Å². The lowest BCUT2D eigenvalue weighted by atomic mass is 10.1. The fraction of sp³-hybridized carbons (Fsp3) is 0.125. The lowest BCUT2D eigenvalue weighted by molar-refractivity contribution is -0.385. The van der Waals surface area contributed by atoms with Crippen molar-refractivity contribution in [3.8, 4) is 0 Å². The van der Waals surface area contributed by atoms with E-state index in [0.29, 0.717) is 0 Å². The number of halogens is 1. The summed E-state index contributed by atoms with van der Waals surface area (Å²) in [5, 5.41) is 19.2. The standard InChI is InChI=1S/C8H6ClNO4/c9-6-2-1-5(3-8(11)12)7(4-6)10(13)14/h1-2,4H,3H2,(H,11,12). The van der Waals surface area contributed by atoms with Crippen molar-refractivity contribution in [3.05, 3.63) is 38.9 Å². The first-order chi connectivity index (χ1) is 6.50. The highest BCUT2D eigenvalue weighted by molar-refractivity contribution is 6.30. The summed E-state index contributed by atoms with van der Waals surface area (Å²) in [7, 11) is 0. The van der Waals surface area contributed by atoms with Crippen LogP contribution in [-0.2, 0) is 11.2 Å². The molecule has 0 bridgehead atoms. The zero-order valence-corrected chi connectivity index (χ0v) is 7.69. The van der Waals surface area contributed by atoms with Crippen molar-refractivity contribution in [2.75, 3.05) is 0 Å². The number of aliphatic carboxylic acids is 1. The van der Waals surface area contributed by atoms with Gasteiger partial charge in [-0.25, -0.2) is 0 Å². The number of nitrogens with zero attached hydrogens (tertiary/aromatic N) is 1. The predicted molar refractivity (Wildman–Crippen MR) is 49.4 cm³/mol. The van der Waals surface area contributed by atoms with Gasteiger partial charge in [-0.3, -0.25) is 14.9 Å². The highest BCUT2D eigenvalue weighted by Gasteiger charge is 2.16. The van der Waals surface area contributed by atoms with Crippen LogP contribution < -0.4 is 0 Å². The molecule has 0 radical (unpaired) electrons. The van der Waals surface area contributed by atoms with E-state index >= 15 is 0 Å². The van der Waals surface area contributed by atoms with E-state index < -0.39 is 10.9 Å². The van der Waals surface area contributed by atoms with Crippen LogP contribution in [-0.4, -0.2) is 16.0 Å². The normalized spacial score (nSPS) is 9.79. The van der Waals surface area contributed by atoms with Gasteiger partial charge < -0.3 is 5.11 Å². The molecule has 0 unspecified atom stereocenters. The van der Waals surface area contributed by atoms with Gasteiger partial charge in [-0.05, 0) is 6.07 Å². The Morgan fingerprint density at radius 3 is 2.71 bits per heavy atom. The van der Waals surface area contributed by atoms with Crippen LogP contribution in [0.15, 0.2) is 18.2 Å². The van der Waals surface area contributed by atoms with Crippen molar-refractivity contribution in [1.82, 2.24) is 0 Å². The molecule has 0 saturated heterocycles. The minimum atomic E-state index is -1.12. The lowest BCUT2D eigenvalue weighted by Gasteiger charge is -1.99. The molecule has 0 atom stereocenters. The molecule has 14 heavy (non-hydrogen) atoms. The molecule has 0 aliphatic heterocycles. The topological polar surface area (TPSA) is 80.4 Å². The Balaban J connectivity index is 3.14. The molecule has 0 amide bonds. The van der Waals surface area contributed by atoms with Gasteiger partial charge in [-0.1, -0.05) is 17.7 Å². The van der Waals surface area contributed by atoms with Gasteiger partial charge in [0.2, 0.25) is 0 Å².